The lowest BCUT2D eigenvalue weighted by Gasteiger charge is -2.23. The van der Waals surface area contributed by atoms with Crippen molar-refractivity contribution < 1.29 is 9.53 Å². The van der Waals surface area contributed by atoms with Gasteiger partial charge in [-0.15, -0.1) is 0 Å². The molecule has 0 saturated carbocycles. The highest BCUT2D eigenvalue weighted by atomic mass is 16.5. The average Bonchev–Trinajstić information content (AvgIpc) is 2.18. The Morgan fingerprint density at radius 3 is 3.00 bits per heavy atom. The van der Waals surface area contributed by atoms with Crippen LogP contribution in [0.3, 0.4) is 0 Å². The number of rotatable bonds is 5. The molecule has 0 aromatic rings. The quantitative estimate of drug-likeness (QED) is 0.702. The van der Waals surface area contributed by atoms with Gasteiger partial charge in [0.15, 0.2) is 0 Å². The molecule has 2 N–H and O–H groups in total. The van der Waals surface area contributed by atoms with Crippen molar-refractivity contribution >= 4 is 5.91 Å². The van der Waals surface area contributed by atoms with Crippen LogP contribution in [0.5, 0.6) is 0 Å². The lowest BCUT2D eigenvalue weighted by molar-refractivity contribution is -0.122. The van der Waals surface area contributed by atoms with Gasteiger partial charge in [0.05, 0.1) is 13.2 Å². The minimum atomic E-state index is 0.124. The van der Waals surface area contributed by atoms with Crippen LogP contribution in [-0.4, -0.2) is 38.3 Å². The Kier molecular flexibility index (Phi) is 5.65. The number of carbonyl (C=O) groups excluding carboxylic acids is 1. The van der Waals surface area contributed by atoms with Crippen LogP contribution in [0.1, 0.15) is 26.7 Å². The van der Waals surface area contributed by atoms with Gasteiger partial charge in [-0.3, -0.25) is 4.79 Å². The zero-order valence-corrected chi connectivity index (χ0v) is 9.71. The van der Waals surface area contributed by atoms with Crippen LogP contribution in [0.2, 0.25) is 0 Å². The maximum Gasteiger partial charge on any atom is 0.221 e. The molecule has 0 spiro atoms. The molecule has 0 aliphatic carbocycles. The first-order chi connectivity index (χ1) is 7.18. The number of amides is 1. The van der Waals surface area contributed by atoms with Crippen LogP contribution in [-0.2, 0) is 9.53 Å². The summed E-state index contributed by atoms with van der Waals surface area (Å²) in [5, 5.41) is 6.19. The molecule has 15 heavy (non-hydrogen) atoms. The fraction of sp³-hybridized carbons (Fsp3) is 0.909. The third kappa shape index (κ3) is 5.74. The van der Waals surface area contributed by atoms with E-state index < -0.39 is 0 Å². The third-order valence-corrected chi connectivity index (χ3v) is 2.47. The second-order valence-electron chi connectivity index (χ2n) is 4.46. The predicted octanol–water partition coefficient (Wildman–Crippen LogP) is 0.527. The zero-order valence-electron chi connectivity index (χ0n) is 9.71. The summed E-state index contributed by atoms with van der Waals surface area (Å²) in [4.78, 5) is 11.5. The summed E-state index contributed by atoms with van der Waals surface area (Å²) < 4.78 is 5.28. The first kappa shape index (κ1) is 12.5. The minimum Gasteiger partial charge on any atom is -0.378 e. The monoisotopic (exact) mass is 214 g/mol. The second kappa shape index (κ2) is 6.80. The highest BCUT2D eigenvalue weighted by Gasteiger charge is 2.16. The van der Waals surface area contributed by atoms with Crippen molar-refractivity contribution in [2.45, 2.75) is 32.7 Å². The van der Waals surface area contributed by atoms with E-state index >= 15 is 0 Å². The molecule has 4 nitrogen and oxygen atoms in total. The van der Waals surface area contributed by atoms with E-state index in [2.05, 4.69) is 24.5 Å². The number of ether oxygens (including phenoxy) is 1. The molecule has 1 fully saturated rings. The van der Waals surface area contributed by atoms with Crippen molar-refractivity contribution in [2.24, 2.45) is 5.92 Å². The molecule has 1 amide bonds. The van der Waals surface area contributed by atoms with Crippen LogP contribution in [0.25, 0.3) is 0 Å². The zero-order chi connectivity index (χ0) is 11.1. The van der Waals surface area contributed by atoms with Gasteiger partial charge in [-0.05, 0) is 12.3 Å². The molecule has 1 atom stereocenters. The molecule has 0 aromatic carbocycles. The Morgan fingerprint density at radius 1 is 1.60 bits per heavy atom. The summed E-state index contributed by atoms with van der Waals surface area (Å²) in [7, 11) is 0. The third-order valence-electron chi connectivity index (χ3n) is 2.47. The number of morpholine rings is 1. The van der Waals surface area contributed by atoms with Gasteiger partial charge in [-0.2, -0.15) is 0 Å². The smallest absolute Gasteiger partial charge is 0.221 e. The van der Waals surface area contributed by atoms with Gasteiger partial charge in [0.25, 0.3) is 0 Å². The summed E-state index contributed by atoms with van der Waals surface area (Å²) in [6, 6.07) is 0.192. The van der Waals surface area contributed by atoms with Gasteiger partial charge in [0.2, 0.25) is 5.91 Å². The van der Waals surface area contributed by atoms with Crippen LogP contribution in [0.15, 0.2) is 0 Å². The van der Waals surface area contributed by atoms with Crippen LogP contribution >= 0.6 is 0 Å². The minimum absolute atomic E-state index is 0.124. The summed E-state index contributed by atoms with van der Waals surface area (Å²) in [6.07, 6.45) is 1.57. The molecule has 1 rings (SSSR count). The maximum atomic E-state index is 11.5. The predicted molar refractivity (Wildman–Crippen MR) is 59.7 cm³/mol. The lowest BCUT2D eigenvalue weighted by Crippen LogP contribution is -2.44. The fourth-order valence-corrected chi connectivity index (χ4v) is 1.55. The summed E-state index contributed by atoms with van der Waals surface area (Å²) >= 11 is 0. The fourth-order valence-electron chi connectivity index (χ4n) is 1.55. The summed E-state index contributed by atoms with van der Waals surface area (Å²) in [6.45, 7) is 7.35. The molecule has 1 heterocycles. The second-order valence-corrected chi connectivity index (χ2v) is 4.46. The van der Waals surface area contributed by atoms with E-state index in [0.717, 1.165) is 26.1 Å². The molecule has 4 heteroatoms. The number of carbonyl (C=O) groups is 1. The number of hydrogen-bond donors (Lipinski definition) is 2. The topological polar surface area (TPSA) is 50.4 Å². The Labute approximate surface area is 91.8 Å². The van der Waals surface area contributed by atoms with E-state index in [-0.39, 0.29) is 11.9 Å². The maximum absolute atomic E-state index is 11.5. The van der Waals surface area contributed by atoms with Gasteiger partial charge in [0, 0.05) is 25.6 Å². The Hall–Kier alpha value is -0.610. The van der Waals surface area contributed by atoms with Crippen LogP contribution in [0, 0.1) is 5.92 Å². The Bertz CT molecular complexity index is 189. The van der Waals surface area contributed by atoms with Gasteiger partial charge in [-0.1, -0.05) is 13.8 Å². The van der Waals surface area contributed by atoms with Crippen LogP contribution in [0.4, 0.5) is 0 Å². The highest BCUT2D eigenvalue weighted by Crippen LogP contribution is 1.99. The first-order valence-electron chi connectivity index (χ1n) is 5.76. The van der Waals surface area contributed by atoms with Crippen molar-refractivity contribution in [3.8, 4) is 0 Å². The molecule has 1 saturated heterocycles. The lowest BCUT2D eigenvalue weighted by atomic mass is 10.1. The van der Waals surface area contributed by atoms with E-state index in [0.29, 0.717) is 18.9 Å². The standard InChI is InChI=1S/C11H22N2O2/c1-9(2)3-4-13-11(14)7-10-8-15-6-5-12-10/h9-10,12H,3-8H2,1-2H3,(H,13,14). The van der Waals surface area contributed by atoms with E-state index in [1.165, 1.54) is 0 Å². The molecule has 1 aliphatic rings. The largest absolute Gasteiger partial charge is 0.378 e. The summed E-state index contributed by atoms with van der Waals surface area (Å²) in [5.41, 5.74) is 0. The SMILES string of the molecule is CC(C)CCNC(=O)CC1COCCN1. The summed E-state index contributed by atoms with van der Waals surface area (Å²) in [5.74, 6) is 0.764. The average molecular weight is 214 g/mol. The van der Waals surface area contributed by atoms with Crippen molar-refractivity contribution in [1.29, 1.82) is 0 Å². The van der Waals surface area contributed by atoms with E-state index in [1.807, 2.05) is 0 Å². The van der Waals surface area contributed by atoms with Crippen LogP contribution < -0.4 is 10.6 Å². The van der Waals surface area contributed by atoms with Crippen molar-refractivity contribution in [3.05, 3.63) is 0 Å². The molecule has 0 bridgehead atoms. The van der Waals surface area contributed by atoms with Gasteiger partial charge >= 0.3 is 0 Å². The van der Waals surface area contributed by atoms with E-state index in [4.69, 9.17) is 4.74 Å². The van der Waals surface area contributed by atoms with Crippen molar-refractivity contribution in [1.82, 2.24) is 10.6 Å². The molecule has 0 aromatic heterocycles. The molecular formula is C11H22N2O2. The molecule has 1 aliphatic heterocycles. The number of hydrogen-bond acceptors (Lipinski definition) is 3. The van der Waals surface area contributed by atoms with Gasteiger partial charge < -0.3 is 15.4 Å². The number of nitrogens with one attached hydrogen (secondary N) is 2. The Morgan fingerprint density at radius 2 is 2.40 bits per heavy atom. The first-order valence-corrected chi connectivity index (χ1v) is 5.76. The molecule has 0 radical (unpaired) electrons. The van der Waals surface area contributed by atoms with E-state index in [9.17, 15) is 4.79 Å². The molecule has 88 valence electrons. The van der Waals surface area contributed by atoms with Gasteiger partial charge in [-0.25, -0.2) is 0 Å². The normalized spacial score (nSPS) is 21.7. The Balaban J connectivity index is 2.06. The molecule has 1 unspecified atom stereocenters. The van der Waals surface area contributed by atoms with Crippen molar-refractivity contribution in [3.63, 3.8) is 0 Å². The van der Waals surface area contributed by atoms with Gasteiger partial charge in [0.1, 0.15) is 0 Å². The van der Waals surface area contributed by atoms with Crippen molar-refractivity contribution in [2.75, 3.05) is 26.3 Å². The van der Waals surface area contributed by atoms with E-state index in [1.54, 1.807) is 0 Å². The highest BCUT2D eigenvalue weighted by molar-refractivity contribution is 5.76. The molecular weight excluding hydrogens is 192 g/mol.